The second kappa shape index (κ2) is 19.4. The molecule has 3 aliphatic heterocycles. The van der Waals surface area contributed by atoms with Crippen molar-refractivity contribution < 1.29 is 63.3 Å². The number of aliphatic hydroxyl groups is 2. The molecule has 3 aromatic rings. The van der Waals surface area contributed by atoms with Crippen molar-refractivity contribution in [3.63, 3.8) is 0 Å². The van der Waals surface area contributed by atoms with Crippen LogP contribution in [0.2, 0.25) is 0 Å². The molecule has 3 aliphatic rings. The van der Waals surface area contributed by atoms with E-state index < -0.39 is 95.5 Å². The van der Waals surface area contributed by atoms with Crippen molar-refractivity contribution in [2.45, 2.75) is 92.1 Å². The predicted molar refractivity (Wildman–Crippen MR) is 231 cm³/mol. The standard InChI is InChI=1S/C47H58N2O13/c1-24-15-14-16-25(2)46(57)48-32-21-34(59-23-35(51)49(9)22-31-17-12-11-13-18-31)36-37(42(32)55)41(54)29(6)44-38(36)45(56)47(8,62-44)60-20-19-33(58-10)26(3)43(61-30(7)50)28(5)40(53)27(4)39(24)52/h11-21,24,26-28,33,39-40,43,52-55H,22-23H2,1-10H3,(H,48,57)/b15-14+,20-19+,25-16-/t24-,26+,27+,28+,33-,39-,40+,43+,47-/m0/s1. The molecule has 2 amide bonds. The number of nitrogens with one attached hydrogen (secondary N) is 1. The second-order valence-corrected chi connectivity index (χ2v) is 16.4. The van der Waals surface area contributed by atoms with E-state index in [0.29, 0.717) is 0 Å². The maximum absolute atomic E-state index is 14.6. The first-order chi connectivity index (χ1) is 29.2. The van der Waals surface area contributed by atoms with Crippen molar-refractivity contribution in [3.05, 3.63) is 89.2 Å². The maximum Gasteiger partial charge on any atom is 0.312 e. The van der Waals surface area contributed by atoms with Crippen LogP contribution >= 0.6 is 0 Å². The topological polar surface area (TPSA) is 211 Å². The quantitative estimate of drug-likeness (QED) is 0.135. The Morgan fingerprint density at radius 3 is 2.26 bits per heavy atom. The zero-order chi connectivity index (χ0) is 45.8. The van der Waals surface area contributed by atoms with Crippen LogP contribution in [0.5, 0.6) is 23.0 Å². The summed E-state index contributed by atoms with van der Waals surface area (Å²) in [7, 11) is 3.04. The molecule has 9 atom stereocenters. The summed E-state index contributed by atoms with van der Waals surface area (Å²) < 4.78 is 29.8. The number of ether oxygens (including phenoxy) is 5. The van der Waals surface area contributed by atoms with Gasteiger partial charge in [0.15, 0.2) is 12.4 Å². The molecule has 5 N–H and O–H groups in total. The van der Waals surface area contributed by atoms with Gasteiger partial charge < -0.3 is 54.3 Å². The summed E-state index contributed by atoms with van der Waals surface area (Å²) in [5.74, 6) is -8.21. The molecule has 3 aromatic carbocycles. The minimum atomic E-state index is -2.04. The fraction of sp³-hybridized carbons (Fsp3) is 0.447. The van der Waals surface area contributed by atoms with Crippen LogP contribution in [0.15, 0.2) is 72.5 Å². The van der Waals surface area contributed by atoms with E-state index in [1.165, 1.54) is 64.2 Å². The molecule has 0 radical (unpaired) electrons. The van der Waals surface area contributed by atoms with Gasteiger partial charge in [-0.05, 0) is 25.5 Å². The number of allylic oxidation sites excluding steroid dienone is 2. The van der Waals surface area contributed by atoms with Gasteiger partial charge in [-0.1, -0.05) is 76.3 Å². The highest BCUT2D eigenvalue weighted by Gasteiger charge is 2.50. The van der Waals surface area contributed by atoms with E-state index in [0.717, 1.165) is 5.56 Å². The Labute approximate surface area is 361 Å². The van der Waals surface area contributed by atoms with Crippen LogP contribution in [0.1, 0.15) is 70.0 Å². The lowest BCUT2D eigenvalue weighted by Gasteiger charge is -2.38. The Balaban J connectivity index is 1.65. The van der Waals surface area contributed by atoms with Crippen LogP contribution < -0.4 is 14.8 Å². The van der Waals surface area contributed by atoms with E-state index in [1.54, 1.807) is 46.9 Å². The molecule has 62 heavy (non-hydrogen) atoms. The highest BCUT2D eigenvalue weighted by molar-refractivity contribution is 6.21. The van der Waals surface area contributed by atoms with Crippen molar-refractivity contribution in [1.82, 2.24) is 4.90 Å². The number of phenols is 2. The van der Waals surface area contributed by atoms with Gasteiger partial charge >= 0.3 is 11.8 Å². The highest BCUT2D eigenvalue weighted by atomic mass is 16.7. The molecule has 15 nitrogen and oxygen atoms in total. The van der Waals surface area contributed by atoms with Crippen LogP contribution in [-0.2, 0) is 35.1 Å². The number of benzene rings is 3. The number of amides is 2. The van der Waals surface area contributed by atoms with Gasteiger partial charge in [0.1, 0.15) is 23.4 Å². The first-order valence-corrected chi connectivity index (χ1v) is 20.5. The number of esters is 1. The summed E-state index contributed by atoms with van der Waals surface area (Å²) in [5.41, 5.74) is 0.823. The number of Topliss-reactive ketones (excluding diaryl/α,β-unsaturated/α-hetero) is 1. The van der Waals surface area contributed by atoms with Gasteiger partial charge in [0.25, 0.3) is 17.6 Å². The third-order valence-corrected chi connectivity index (χ3v) is 11.9. The molecular formula is C47H58N2O13. The first-order valence-electron chi connectivity index (χ1n) is 20.5. The number of aromatic hydroxyl groups is 2. The number of carbonyl (C=O) groups is 4. The number of hydrogen-bond acceptors (Lipinski definition) is 13. The van der Waals surface area contributed by atoms with Crippen LogP contribution in [0.4, 0.5) is 5.69 Å². The van der Waals surface area contributed by atoms with E-state index in [9.17, 15) is 39.6 Å². The molecule has 0 saturated heterocycles. The largest absolute Gasteiger partial charge is 0.507 e. The molecule has 334 valence electrons. The molecular weight excluding hydrogens is 801 g/mol. The zero-order valence-corrected chi connectivity index (χ0v) is 36.8. The number of rotatable bonds is 7. The molecule has 0 aromatic heterocycles. The number of nitrogens with zero attached hydrogens (tertiary/aromatic N) is 1. The van der Waals surface area contributed by atoms with Crippen molar-refractivity contribution in [2.24, 2.45) is 23.7 Å². The lowest BCUT2D eigenvalue weighted by atomic mass is 9.78. The number of ketones is 1. The number of phenolic OH excluding ortho intramolecular Hbond substituents is 2. The minimum absolute atomic E-state index is 0.0676. The number of carbonyl (C=O) groups excluding carboxylic acids is 4. The van der Waals surface area contributed by atoms with Crippen molar-refractivity contribution in [3.8, 4) is 23.0 Å². The summed E-state index contributed by atoms with van der Waals surface area (Å²) >= 11 is 0. The van der Waals surface area contributed by atoms with Gasteiger partial charge in [-0.3, -0.25) is 19.2 Å². The number of anilines is 1. The first kappa shape index (κ1) is 47.2. The van der Waals surface area contributed by atoms with Crippen molar-refractivity contribution >= 4 is 40.0 Å². The van der Waals surface area contributed by atoms with E-state index in [2.05, 4.69) is 5.32 Å². The molecule has 0 spiro atoms. The molecule has 3 heterocycles. The normalized spacial score (nSPS) is 28.9. The summed E-state index contributed by atoms with van der Waals surface area (Å²) in [6.07, 6.45) is 3.56. The molecule has 5 bridgehead atoms. The monoisotopic (exact) mass is 858 g/mol. The minimum Gasteiger partial charge on any atom is -0.507 e. The number of likely N-dealkylation sites (N-methyl/N-ethyl adjacent to an activating group) is 1. The highest BCUT2D eigenvalue weighted by Crippen LogP contribution is 2.54. The number of aliphatic hydroxyl groups excluding tert-OH is 2. The van der Waals surface area contributed by atoms with Gasteiger partial charge in [0.05, 0.1) is 41.2 Å². The number of methoxy groups -OCH3 is 1. The average molecular weight is 859 g/mol. The molecule has 6 rings (SSSR count). The number of hydrogen-bond donors (Lipinski definition) is 5. The second-order valence-electron chi connectivity index (χ2n) is 16.4. The Morgan fingerprint density at radius 1 is 0.935 bits per heavy atom. The third kappa shape index (κ3) is 9.75. The summed E-state index contributed by atoms with van der Waals surface area (Å²) in [6, 6.07) is 10.6. The van der Waals surface area contributed by atoms with Gasteiger partial charge in [-0.2, -0.15) is 0 Å². The van der Waals surface area contributed by atoms with E-state index in [4.69, 9.17) is 23.7 Å². The fourth-order valence-electron chi connectivity index (χ4n) is 7.94. The SMILES string of the molecule is CO[C@H]1/C=C/O[C@@]2(C)Oc3c(C)c(O)c4c(O)c(cc(OCC(=O)N(C)Cc5ccccc5)c4c3C2=O)NC(=O)/C(C)=C\C=C\[C@H](C)[C@H](O)[C@@H](C)[C@@H](O)[C@@H](C)[C@H](OC(C)=O)[C@@H]1C. The van der Waals surface area contributed by atoms with Crippen LogP contribution in [-0.4, -0.2) is 99.9 Å². The van der Waals surface area contributed by atoms with E-state index in [1.807, 2.05) is 30.3 Å². The van der Waals surface area contributed by atoms with Crippen molar-refractivity contribution in [1.29, 1.82) is 0 Å². The van der Waals surface area contributed by atoms with Crippen LogP contribution in [0.3, 0.4) is 0 Å². The Morgan fingerprint density at radius 2 is 1.61 bits per heavy atom. The smallest absolute Gasteiger partial charge is 0.312 e. The summed E-state index contributed by atoms with van der Waals surface area (Å²) in [4.78, 5) is 55.4. The van der Waals surface area contributed by atoms with E-state index in [-0.39, 0.29) is 51.2 Å². The average Bonchev–Trinajstić information content (AvgIpc) is 3.50. The lowest BCUT2D eigenvalue weighted by Crippen LogP contribution is -2.46. The molecule has 15 heteroatoms. The summed E-state index contributed by atoms with van der Waals surface area (Å²) in [5, 5.41) is 48.6. The zero-order valence-electron chi connectivity index (χ0n) is 36.8. The van der Waals surface area contributed by atoms with Gasteiger partial charge in [-0.15, -0.1) is 0 Å². The molecule has 0 aliphatic carbocycles. The van der Waals surface area contributed by atoms with Crippen molar-refractivity contribution in [2.75, 3.05) is 26.1 Å². The van der Waals surface area contributed by atoms with Crippen LogP contribution in [0.25, 0.3) is 10.8 Å². The molecule has 0 fully saturated rings. The van der Waals surface area contributed by atoms with Gasteiger partial charge in [0, 0.05) is 80.8 Å². The summed E-state index contributed by atoms with van der Waals surface area (Å²) in [6.45, 7) is 12.3. The Hall–Kier alpha value is -5.90. The van der Waals surface area contributed by atoms with Gasteiger partial charge in [-0.25, -0.2) is 0 Å². The van der Waals surface area contributed by atoms with E-state index >= 15 is 0 Å². The number of fused-ring (bicyclic) bond motifs is 14. The molecule has 0 unspecified atom stereocenters. The maximum atomic E-state index is 14.6. The Kier molecular flexibility index (Phi) is 14.8. The van der Waals surface area contributed by atoms with Gasteiger partial charge in [0.2, 0.25) is 0 Å². The van der Waals surface area contributed by atoms with Crippen LogP contribution in [0, 0.1) is 30.6 Å². The lowest BCUT2D eigenvalue weighted by molar-refractivity contribution is -0.160. The molecule has 0 saturated carbocycles. The fourth-order valence-corrected chi connectivity index (χ4v) is 7.94. The Bertz CT molecular complexity index is 2270. The third-order valence-electron chi connectivity index (χ3n) is 11.9. The predicted octanol–water partition coefficient (Wildman–Crippen LogP) is 6.09.